The Morgan fingerprint density at radius 2 is 1.19 bits per heavy atom. The van der Waals surface area contributed by atoms with Crippen molar-refractivity contribution in [1.82, 2.24) is 9.21 Å². The Morgan fingerprint density at radius 1 is 0.778 bits per heavy atom. The normalized spacial score (nSPS) is 18.5. The van der Waals surface area contributed by atoms with Crippen molar-refractivity contribution < 1.29 is 57.5 Å². The molecule has 2 N–H and O–H groups in total. The van der Waals surface area contributed by atoms with E-state index in [9.17, 15) is 57.5 Å². The molecule has 0 unspecified atom stereocenters. The van der Waals surface area contributed by atoms with Gasteiger partial charge in [-0.1, -0.05) is 0 Å². The van der Waals surface area contributed by atoms with Gasteiger partial charge in [0.25, 0.3) is 10.0 Å². The lowest BCUT2D eigenvalue weighted by Crippen LogP contribution is -2.66. The second-order valence-corrected chi connectivity index (χ2v) is 7.20. The first-order valence-electron chi connectivity index (χ1n) is 6.61. The lowest BCUT2D eigenvalue weighted by Gasteiger charge is -2.38. The zero-order valence-corrected chi connectivity index (χ0v) is 13.6. The molecule has 1 saturated heterocycles. The molecule has 0 aromatic heterocycles. The SMILES string of the molecule is NC(=O)C(=O)N1CCN(S(=O)(=O)C(F)(F)C(F)(F)C(F)(F)C(F)(F)F)CC1. The van der Waals surface area contributed by atoms with Crippen LogP contribution in [0.25, 0.3) is 0 Å². The molecular weight excluding hydrogens is 429 g/mol. The Labute approximate surface area is 144 Å². The van der Waals surface area contributed by atoms with Gasteiger partial charge in [-0.3, -0.25) is 9.59 Å². The zero-order valence-electron chi connectivity index (χ0n) is 12.7. The Kier molecular flexibility index (Phi) is 5.75. The number of primary amides is 1. The summed E-state index contributed by atoms with van der Waals surface area (Å²) in [7, 11) is -6.72. The van der Waals surface area contributed by atoms with E-state index in [0.29, 0.717) is 4.90 Å². The number of sulfonamides is 1. The van der Waals surface area contributed by atoms with Crippen LogP contribution >= 0.6 is 0 Å². The molecule has 17 heteroatoms. The van der Waals surface area contributed by atoms with Gasteiger partial charge in [0, 0.05) is 26.2 Å². The first-order valence-corrected chi connectivity index (χ1v) is 8.05. The van der Waals surface area contributed by atoms with Gasteiger partial charge >= 0.3 is 35.1 Å². The summed E-state index contributed by atoms with van der Waals surface area (Å²) < 4.78 is 138. The Bertz CT molecular complexity index is 714. The molecule has 0 aliphatic carbocycles. The molecule has 0 aromatic carbocycles. The van der Waals surface area contributed by atoms with Gasteiger partial charge in [0.2, 0.25) is 0 Å². The predicted octanol–water partition coefficient (Wildman–Crippen LogP) is 0.371. The van der Waals surface area contributed by atoms with Crippen molar-refractivity contribution in [2.45, 2.75) is 23.3 Å². The maximum absolute atomic E-state index is 13.7. The van der Waals surface area contributed by atoms with E-state index in [4.69, 9.17) is 0 Å². The lowest BCUT2D eigenvalue weighted by atomic mass is 10.1. The Morgan fingerprint density at radius 3 is 1.52 bits per heavy atom. The summed E-state index contributed by atoms with van der Waals surface area (Å²) in [5, 5.41) is -6.84. The van der Waals surface area contributed by atoms with Gasteiger partial charge in [0.15, 0.2) is 0 Å². The first-order chi connectivity index (χ1) is 11.8. The smallest absolute Gasteiger partial charge is 0.361 e. The lowest BCUT2D eigenvalue weighted by molar-refractivity contribution is -0.382. The molecule has 158 valence electrons. The molecule has 7 nitrogen and oxygen atoms in total. The fourth-order valence-electron chi connectivity index (χ4n) is 1.97. The van der Waals surface area contributed by atoms with Gasteiger partial charge in [-0.25, -0.2) is 8.42 Å². The maximum atomic E-state index is 13.7. The maximum Gasteiger partial charge on any atom is 0.460 e. The standard InChI is InChI=1S/C10H10F9N3O4S/c11-7(12,9(15,16)17)8(13,14)10(18,19)27(25,26)22-3-1-21(2-4-22)6(24)5(20)23/h1-4H2,(H2,20,23). The second kappa shape index (κ2) is 6.68. The molecular formula is C10H10F9N3O4S. The average molecular weight is 439 g/mol. The number of alkyl halides is 9. The van der Waals surface area contributed by atoms with E-state index in [0.717, 1.165) is 0 Å². The quantitative estimate of drug-likeness (QED) is 0.506. The summed E-state index contributed by atoms with van der Waals surface area (Å²) in [5.41, 5.74) is 4.63. The highest BCUT2D eigenvalue weighted by molar-refractivity contribution is 7.90. The van der Waals surface area contributed by atoms with Crippen LogP contribution in [0.3, 0.4) is 0 Å². The summed E-state index contributed by atoms with van der Waals surface area (Å²) in [5.74, 6) is -17.6. The van der Waals surface area contributed by atoms with Crippen molar-refractivity contribution in [2.24, 2.45) is 5.73 Å². The molecule has 0 saturated carbocycles. The fourth-order valence-corrected chi connectivity index (χ4v) is 3.39. The van der Waals surface area contributed by atoms with Crippen molar-refractivity contribution in [3.05, 3.63) is 0 Å². The Balaban J connectivity index is 3.16. The number of carbonyl (C=O) groups excluding carboxylic acids is 2. The molecule has 0 aromatic rings. The summed E-state index contributed by atoms with van der Waals surface area (Å²) >= 11 is 0. The van der Waals surface area contributed by atoms with Gasteiger partial charge in [0.1, 0.15) is 0 Å². The molecule has 0 atom stereocenters. The number of carbonyl (C=O) groups is 2. The van der Waals surface area contributed by atoms with Crippen LogP contribution in [0.15, 0.2) is 0 Å². The highest BCUT2D eigenvalue weighted by atomic mass is 32.2. The van der Waals surface area contributed by atoms with Crippen molar-refractivity contribution in [3.63, 3.8) is 0 Å². The number of nitrogens with zero attached hydrogens (tertiary/aromatic N) is 2. The molecule has 27 heavy (non-hydrogen) atoms. The van der Waals surface area contributed by atoms with E-state index in [1.807, 2.05) is 0 Å². The third-order valence-electron chi connectivity index (χ3n) is 3.52. The van der Waals surface area contributed by atoms with Crippen LogP contribution in [0, 0.1) is 0 Å². The van der Waals surface area contributed by atoms with Crippen LogP contribution in [0.5, 0.6) is 0 Å². The minimum Gasteiger partial charge on any atom is -0.361 e. The minimum atomic E-state index is -7.36. The van der Waals surface area contributed by atoms with Crippen LogP contribution in [0.1, 0.15) is 0 Å². The van der Waals surface area contributed by atoms with Gasteiger partial charge in [-0.05, 0) is 0 Å². The highest BCUT2D eigenvalue weighted by Gasteiger charge is 2.85. The Hall–Kier alpha value is -1.78. The van der Waals surface area contributed by atoms with Crippen molar-refractivity contribution in [3.8, 4) is 0 Å². The average Bonchev–Trinajstić information content (AvgIpc) is 2.52. The zero-order chi connectivity index (χ0) is 21.6. The highest BCUT2D eigenvalue weighted by Crippen LogP contribution is 2.55. The van der Waals surface area contributed by atoms with Crippen molar-refractivity contribution in [2.75, 3.05) is 26.2 Å². The third-order valence-corrected chi connectivity index (χ3v) is 5.47. The number of piperazine rings is 1. The van der Waals surface area contributed by atoms with Gasteiger partial charge in [-0.2, -0.15) is 43.8 Å². The summed E-state index contributed by atoms with van der Waals surface area (Å²) in [4.78, 5) is 22.5. The van der Waals surface area contributed by atoms with E-state index in [1.54, 1.807) is 0 Å². The number of rotatable bonds is 4. The number of hydrogen-bond acceptors (Lipinski definition) is 4. The van der Waals surface area contributed by atoms with Gasteiger partial charge in [0.05, 0.1) is 0 Å². The third kappa shape index (κ3) is 3.53. The summed E-state index contributed by atoms with van der Waals surface area (Å²) in [6.45, 7) is -3.99. The monoisotopic (exact) mass is 439 g/mol. The molecule has 1 aliphatic heterocycles. The summed E-state index contributed by atoms with van der Waals surface area (Å²) in [6, 6.07) is 0. The number of hydrogen-bond donors (Lipinski definition) is 1. The molecule has 1 fully saturated rings. The van der Waals surface area contributed by atoms with Gasteiger partial charge < -0.3 is 10.6 Å². The number of nitrogens with two attached hydrogens (primary N) is 1. The predicted molar refractivity (Wildman–Crippen MR) is 67.2 cm³/mol. The van der Waals surface area contributed by atoms with Crippen LogP contribution < -0.4 is 5.73 Å². The van der Waals surface area contributed by atoms with Crippen molar-refractivity contribution >= 4 is 21.8 Å². The molecule has 2 amide bonds. The minimum absolute atomic E-state index is 0.488. The van der Waals surface area contributed by atoms with E-state index in [1.165, 1.54) is 0 Å². The van der Waals surface area contributed by atoms with Gasteiger partial charge in [-0.15, -0.1) is 0 Å². The van der Waals surface area contributed by atoms with Crippen molar-refractivity contribution in [1.29, 1.82) is 0 Å². The molecule has 1 heterocycles. The second-order valence-electron chi connectivity index (χ2n) is 5.22. The van der Waals surface area contributed by atoms with Crippen LogP contribution in [-0.2, 0) is 19.6 Å². The number of halogens is 9. The molecule has 0 bridgehead atoms. The topological polar surface area (TPSA) is 101 Å². The van der Waals surface area contributed by atoms with E-state index in [2.05, 4.69) is 5.73 Å². The molecule has 1 rings (SSSR count). The van der Waals surface area contributed by atoms with E-state index < -0.39 is 75.6 Å². The summed E-state index contributed by atoms with van der Waals surface area (Å²) in [6.07, 6.45) is -7.16. The molecule has 1 aliphatic rings. The largest absolute Gasteiger partial charge is 0.460 e. The molecule has 0 radical (unpaired) electrons. The van der Waals surface area contributed by atoms with E-state index in [-0.39, 0.29) is 0 Å². The van der Waals surface area contributed by atoms with Crippen LogP contribution in [0.2, 0.25) is 0 Å². The number of amides is 2. The fraction of sp³-hybridized carbons (Fsp3) is 0.800. The van der Waals surface area contributed by atoms with E-state index >= 15 is 0 Å². The molecule has 0 spiro atoms. The van der Waals surface area contributed by atoms with Crippen LogP contribution in [0.4, 0.5) is 39.5 Å². The first kappa shape index (κ1) is 23.3. The van der Waals surface area contributed by atoms with Crippen LogP contribution in [-0.4, -0.2) is 78.9 Å².